The number of rotatable bonds is 3. The van der Waals surface area contributed by atoms with E-state index in [9.17, 15) is 9.18 Å². The van der Waals surface area contributed by atoms with Gasteiger partial charge in [0.25, 0.3) is 5.91 Å². The predicted octanol–water partition coefficient (Wildman–Crippen LogP) is 2.92. The number of hydrogen-bond acceptors (Lipinski definition) is 3. The molecule has 1 heterocycles. The predicted molar refractivity (Wildman–Crippen MR) is 68.3 cm³/mol. The van der Waals surface area contributed by atoms with Gasteiger partial charge in [-0.2, -0.15) is 0 Å². The topological polar surface area (TPSA) is 55.1 Å². The van der Waals surface area contributed by atoms with Gasteiger partial charge < -0.3 is 9.73 Å². The molecular formula is C14H15FN2O2. The molecular weight excluding hydrogens is 247 g/mol. The van der Waals surface area contributed by atoms with Crippen LogP contribution >= 0.6 is 0 Å². The van der Waals surface area contributed by atoms with E-state index in [-0.39, 0.29) is 5.56 Å². The Balaban J connectivity index is 2.15. The van der Waals surface area contributed by atoms with Crippen molar-refractivity contribution >= 4 is 5.91 Å². The first-order valence-corrected chi connectivity index (χ1v) is 5.97. The lowest BCUT2D eigenvalue weighted by molar-refractivity contribution is 0.0929. The fourth-order valence-corrected chi connectivity index (χ4v) is 1.73. The molecule has 19 heavy (non-hydrogen) atoms. The average molecular weight is 262 g/mol. The number of oxazole rings is 1. The second kappa shape index (κ2) is 5.22. The number of carbonyl (C=O) groups excluding carboxylic acids is 1. The minimum absolute atomic E-state index is 0.0233. The number of nitrogens with one attached hydrogen (secondary N) is 1. The summed E-state index contributed by atoms with van der Waals surface area (Å²) in [5, 5.41) is 2.66. The molecule has 0 aliphatic rings. The largest absolute Gasteiger partial charge is 0.444 e. The third-order valence-corrected chi connectivity index (χ3v) is 2.79. The first kappa shape index (κ1) is 13.3. The van der Waals surface area contributed by atoms with E-state index >= 15 is 0 Å². The summed E-state index contributed by atoms with van der Waals surface area (Å²) in [6.45, 7) is 5.12. The molecule has 1 unspecified atom stereocenters. The summed E-state index contributed by atoms with van der Waals surface area (Å²) in [6.07, 6.45) is 1.57. The van der Waals surface area contributed by atoms with Gasteiger partial charge in [-0.05, 0) is 32.4 Å². The summed E-state index contributed by atoms with van der Waals surface area (Å²) in [6, 6.07) is 4.30. The number of carbonyl (C=O) groups is 1. The molecule has 2 rings (SSSR count). The van der Waals surface area contributed by atoms with Crippen molar-refractivity contribution in [2.24, 2.45) is 0 Å². The van der Waals surface area contributed by atoms with E-state index < -0.39 is 17.8 Å². The third-order valence-electron chi connectivity index (χ3n) is 2.79. The molecule has 1 atom stereocenters. The van der Waals surface area contributed by atoms with Crippen molar-refractivity contribution in [3.63, 3.8) is 0 Å². The summed E-state index contributed by atoms with van der Waals surface area (Å²) in [4.78, 5) is 16.0. The Morgan fingerprint density at radius 1 is 1.42 bits per heavy atom. The lowest BCUT2D eigenvalue weighted by Crippen LogP contribution is -2.27. The van der Waals surface area contributed by atoms with Gasteiger partial charge in [0.15, 0.2) is 0 Å². The van der Waals surface area contributed by atoms with Gasteiger partial charge in [0.1, 0.15) is 17.6 Å². The second-order valence-corrected chi connectivity index (χ2v) is 4.44. The van der Waals surface area contributed by atoms with E-state index in [1.165, 1.54) is 6.07 Å². The number of benzene rings is 1. The van der Waals surface area contributed by atoms with Gasteiger partial charge in [0.05, 0.1) is 11.8 Å². The fourth-order valence-electron chi connectivity index (χ4n) is 1.73. The van der Waals surface area contributed by atoms with Crippen LogP contribution in [0.3, 0.4) is 0 Å². The van der Waals surface area contributed by atoms with Gasteiger partial charge in [-0.3, -0.25) is 4.79 Å². The van der Waals surface area contributed by atoms with E-state index in [0.717, 1.165) is 0 Å². The number of aromatic nitrogens is 1. The molecule has 0 saturated carbocycles. The molecule has 0 spiro atoms. The summed E-state index contributed by atoms with van der Waals surface area (Å²) in [5.74, 6) is 0.0806. The second-order valence-electron chi connectivity index (χ2n) is 4.44. The van der Waals surface area contributed by atoms with Gasteiger partial charge in [-0.1, -0.05) is 12.1 Å². The third kappa shape index (κ3) is 2.81. The Morgan fingerprint density at radius 3 is 2.79 bits per heavy atom. The van der Waals surface area contributed by atoms with Crippen LogP contribution < -0.4 is 5.32 Å². The minimum Gasteiger partial charge on any atom is -0.444 e. The highest BCUT2D eigenvalue weighted by atomic mass is 19.1. The molecule has 1 amide bonds. The molecule has 0 bridgehead atoms. The zero-order valence-corrected chi connectivity index (χ0v) is 11.0. The maximum atomic E-state index is 13.8. The smallest absolute Gasteiger partial charge is 0.254 e. The van der Waals surface area contributed by atoms with E-state index in [1.807, 2.05) is 0 Å². The first-order chi connectivity index (χ1) is 8.99. The SMILES string of the molecule is Cc1cnc(C(C)NC(=O)c2cccc(C)c2F)o1. The molecule has 1 aromatic carbocycles. The molecule has 100 valence electrons. The first-order valence-electron chi connectivity index (χ1n) is 5.97. The van der Waals surface area contributed by atoms with Crippen molar-refractivity contribution in [3.05, 3.63) is 53.0 Å². The Bertz CT molecular complexity index is 607. The molecule has 5 heteroatoms. The molecule has 0 radical (unpaired) electrons. The Morgan fingerprint density at radius 2 is 2.16 bits per heavy atom. The van der Waals surface area contributed by atoms with Crippen LogP contribution in [0.5, 0.6) is 0 Å². The highest BCUT2D eigenvalue weighted by molar-refractivity contribution is 5.94. The Labute approximate surface area is 110 Å². The van der Waals surface area contributed by atoms with Crippen molar-refractivity contribution in [1.29, 1.82) is 0 Å². The van der Waals surface area contributed by atoms with Crippen molar-refractivity contribution < 1.29 is 13.6 Å². The number of amides is 1. The van der Waals surface area contributed by atoms with Crippen molar-refractivity contribution in [1.82, 2.24) is 10.3 Å². The molecule has 2 aromatic rings. The zero-order chi connectivity index (χ0) is 14.0. The Kier molecular flexibility index (Phi) is 3.64. The maximum Gasteiger partial charge on any atom is 0.254 e. The summed E-state index contributed by atoms with van der Waals surface area (Å²) >= 11 is 0. The fraction of sp³-hybridized carbons (Fsp3) is 0.286. The normalized spacial score (nSPS) is 12.2. The van der Waals surface area contributed by atoms with Crippen LogP contribution in [0.2, 0.25) is 0 Å². The number of halogens is 1. The monoisotopic (exact) mass is 262 g/mol. The van der Waals surface area contributed by atoms with Crippen molar-refractivity contribution in [2.75, 3.05) is 0 Å². The van der Waals surface area contributed by atoms with Gasteiger partial charge in [-0.15, -0.1) is 0 Å². The molecule has 1 N–H and O–H groups in total. The number of nitrogens with zero attached hydrogens (tertiary/aromatic N) is 1. The highest BCUT2D eigenvalue weighted by Gasteiger charge is 2.18. The number of aryl methyl sites for hydroxylation is 2. The maximum absolute atomic E-state index is 13.8. The average Bonchev–Trinajstić information content (AvgIpc) is 2.79. The zero-order valence-electron chi connectivity index (χ0n) is 11.0. The lowest BCUT2D eigenvalue weighted by Gasteiger charge is -2.11. The Hall–Kier alpha value is -2.17. The molecule has 0 fully saturated rings. The van der Waals surface area contributed by atoms with Crippen molar-refractivity contribution in [2.45, 2.75) is 26.8 Å². The van der Waals surface area contributed by atoms with Crippen LogP contribution in [0.15, 0.2) is 28.8 Å². The molecule has 4 nitrogen and oxygen atoms in total. The summed E-state index contributed by atoms with van der Waals surface area (Å²) in [7, 11) is 0. The van der Waals surface area contributed by atoms with Crippen molar-refractivity contribution in [3.8, 4) is 0 Å². The van der Waals surface area contributed by atoms with Gasteiger partial charge in [0.2, 0.25) is 5.89 Å². The van der Waals surface area contributed by atoms with Crippen LogP contribution in [0.25, 0.3) is 0 Å². The van der Waals surface area contributed by atoms with E-state index in [0.29, 0.717) is 17.2 Å². The van der Waals surface area contributed by atoms with Crippen LogP contribution in [-0.2, 0) is 0 Å². The van der Waals surface area contributed by atoms with Gasteiger partial charge >= 0.3 is 0 Å². The van der Waals surface area contributed by atoms with E-state index in [1.54, 1.807) is 39.1 Å². The van der Waals surface area contributed by atoms with Crippen LogP contribution in [0.1, 0.15) is 40.5 Å². The summed E-state index contributed by atoms with van der Waals surface area (Å²) in [5.41, 5.74) is 0.461. The molecule has 1 aromatic heterocycles. The van der Waals surface area contributed by atoms with Gasteiger partial charge in [0, 0.05) is 0 Å². The number of hydrogen-bond donors (Lipinski definition) is 1. The molecule has 0 aliphatic carbocycles. The standard InChI is InChI=1S/C14H15FN2O2/c1-8-5-4-6-11(12(8)15)13(18)17-10(3)14-16-7-9(2)19-14/h4-7,10H,1-3H3,(H,17,18). The van der Waals surface area contributed by atoms with E-state index in [2.05, 4.69) is 10.3 Å². The molecule has 0 saturated heterocycles. The van der Waals surface area contributed by atoms with Crippen LogP contribution in [0.4, 0.5) is 4.39 Å². The quantitative estimate of drug-likeness (QED) is 0.925. The minimum atomic E-state index is -0.504. The van der Waals surface area contributed by atoms with Crippen LogP contribution in [0, 0.1) is 19.7 Å². The summed E-state index contributed by atoms with van der Waals surface area (Å²) < 4.78 is 19.1. The van der Waals surface area contributed by atoms with E-state index in [4.69, 9.17) is 4.42 Å². The lowest BCUT2D eigenvalue weighted by atomic mass is 10.1. The molecule has 0 aliphatic heterocycles. The van der Waals surface area contributed by atoms with Gasteiger partial charge in [-0.25, -0.2) is 9.37 Å². The van der Waals surface area contributed by atoms with Crippen LogP contribution in [-0.4, -0.2) is 10.9 Å². The highest BCUT2D eigenvalue weighted by Crippen LogP contribution is 2.15.